The predicted molar refractivity (Wildman–Crippen MR) is 68.3 cm³/mol. The molecule has 1 aromatic heterocycles. The number of hydrogen-bond acceptors (Lipinski definition) is 2. The second kappa shape index (κ2) is 6.69. The van der Waals surface area contributed by atoms with Gasteiger partial charge in [0.1, 0.15) is 5.82 Å². The van der Waals surface area contributed by atoms with Crippen LogP contribution >= 0.6 is 0 Å². The first-order valence-electron chi connectivity index (χ1n) is 6.42. The average molecular weight is 223 g/mol. The number of hydrogen-bond donors (Lipinski definition) is 1. The van der Waals surface area contributed by atoms with Crippen LogP contribution in [0.15, 0.2) is 12.4 Å². The van der Waals surface area contributed by atoms with E-state index in [2.05, 4.69) is 36.5 Å². The Labute approximate surface area is 99.1 Å². The van der Waals surface area contributed by atoms with Crippen LogP contribution in [-0.2, 0) is 13.0 Å². The lowest BCUT2D eigenvalue weighted by Crippen LogP contribution is -2.24. The average Bonchev–Trinajstić information content (AvgIpc) is 2.66. The zero-order valence-electron chi connectivity index (χ0n) is 10.8. The van der Waals surface area contributed by atoms with Crippen LogP contribution in [0.2, 0.25) is 0 Å². The molecule has 0 saturated heterocycles. The molecule has 0 aliphatic rings. The van der Waals surface area contributed by atoms with Crippen molar-refractivity contribution in [2.45, 2.75) is 59.0 Å². The summed E-state index contributed by atoms with van der Waals surface area (Å²) >= 11 is 0. The number of nitrogens with two attached hydrogens (primary N) is 1. The minimum Gasteiger partial charge on any atom is -0.335 e. The Bertz CT molecular complexity index is 293. The molecule has 1 rings (SSSR count). The Balaban J connectivity index is 2.56. The molecule has 0 spiro atoms. The Kier molecular flexibility index (Phi) is 5.53. The van der Waals surface area contributed by atoms with Gasteiger partial charge in [-0.25, -0.2) is 4.98 Å². The normalized spacial score (nSPS) is 15.0. The summed E-state index contributed by atoms with van der Waals surface area (Å²) in [6, 6.07) is 0.239. The van der Waals surface area contributed by atoms with Crippen molar-refractivity contribution in [2.75, 3.05) is 0 Å². The molecule has 0 aromatic carbocycles. The van der Waals surface area contributed by atoms with Crippen LogP contribution in [-0.4, -0.2) is 15.6 Å². The molecule has 0 amide bonds. The Morgan fingerprint density at radius 2 is 2.19 bits per heavy atom. The van der Waals surface area contributed by atoms with Gasteiger partial charge in [-0.05, 0) is 18.8 Å². The molecule has 0 bridgehead atoms. The molecule has 2 unspecified atom stereocenters. The minimum absolute atomic E-state index is 0.239. The highest BCUT2D eigenvalue weighted by atomic mass is 15.1. The smallest absolute Gasteiger partial charge is 0.110 e. The van der Waals surface area contributed by atoms with Crippen molar-refractivity contribution in [1.29, 1.82) is 0 Å². The molecule has 0 aliphatic carbocycles. The third kappa shape index (κ3) is 3.97. The van der Waals surface area contributed by atoms with Crippen molar-refractivity contribution in [2.24, 2.45) is 11.7 Å². The van der Waals surface area contributed by atoms with Gasteiger partial charge in [0, 0.05) is 31.4 Å². The SMILES string of the molecule is CCCC(C)Cn1ccnc1CC(N)CC. The molecule has 1 aromatic rings. The maximum Gasteiger partial charge on any atom is 0.110 e. The van der Waals surface area contributed by atoms with Gasteiger partial charge in [-0.2, -0.15) is 0 Å². The third-order valence-corrected chi connectivity index (χ3v) is 3.06. The van der Waals surface area contributed by atoms with Gasteiger partial charge in [0.05, 0.1) is 0 Å². The maximum absolute atomic E-state index is 5.97. The molecule has 3 heteroatoms. The number of rotatable bonds is 7. The fourth-order valence-electron chi connectivity index (χ4n) is 1.99. The lowest BCUT2D eigenvalue weighted by molar-refractivity contribution is 0.432. The molecule has 2 atom stereocenters. The van der Waals surface area contributed by atoms with Gasteiger partial charge in [0.2, 0.25) is 0 Å². The highest BCUT2D eigenvalue weighted by molar-refractivity contribution is 4.95. The van der Waals surface area contributed by atoms with Gasteiger partial charge < -0.3 is 10.3 Å². The zero-order valence-corrected chi connectivity index (χ0v) is 10.8. The molecular formula is C13H25N3. The molecule has 1 heterocycles. The van der Waals surface area contributed by atoms with Crippen molar-refractivity contribution in [3.05, 3.63) is 18.2 Å². The van der Waals surface area contributed by atoms with E-state index in [1.807, 2.05) is 6.20 Å². The van der Waals surface area contributed by atoms with Gasteiger partial charge in [-0.3, -0.25) is 0 Å². The third-order valence-electron chi connectivity index (χ3n) is 3.06. The minimum atomic E-state index is 0.239. The Morgan fingerprint density at radius 1 is 1.44 bits per heavy atom. The highest BCUT2D eigenvalue weighted by Gasteiger charge is 2.09. The molecular weight excluding hydrogens is 198 g/mol. The number of imidazole rings is 1. The molecule has 3 nitrogen and oxygen atoms in total. The summed E-state index contributed by atoms with van der Waals surface area (Å²) in [4.78, 5) is 4.40. The topological polar surface area (TPSA) is 43.8 Å². The summed E-state index contributed by atoms with van der Waals surface area (Å²) in [7, 11) is 0. The summed E-state index contributed by atoms with van der Waals surface area (Å²) in [6.45, 7) is 7.72. The number of aromatic nitrogens is 2. The van der Waals surface area contributed by atoms with E-state index in [1.54, 1.807) is 0 Å². The summed E-state index contributed by atoms with van der Waals surface area (Å²) < 4.78 is 2.26. The molecule has 92 valence electrons. The van der Waals surface area contributed by atoms with Gasteiger partial charge in [-0.1, -0.05) is 27.2 Å². The van der Waals surface area contributed by atoms with Gasteiger partial charge in [-0.15, -0.1) is 0 Å². The van der Waals surface area contributed by atoms with E-state index in [0.29, 0.717) is 0 Å². The molecule has 2 N–H and O–H groups in total. The molecule has 0 aliphatic heterocycles. The molecule has 0 saturated carbocycles. The van der Waals surface area contributed by atoms with Crippen molar-refractivity contribution < 1.29 is 0 Å². The Morgan fingerprint density at radius 3 is 2.81 bits per heavy atom. The first kappa shape index (κ1) is 13.2. The predicted octanol–water partition coefficient (Wildman–Crippen LogP) is 2.60. The van der Waals surface area contributed by atoms with E-state index in [9.17, 15) is 0 Å². The highest BCUT2D eigenvalue weighted by Crippen LogP contribution is 2.11. The maximum atomic E-state index is 5.97. The first-order valence-corrected chi connectivity index (χ1v) is 6.42. The van der Waals surface area contributed by atoms with E-state index in [0.717, 1.165) is 31.1 Å². The Hall–Kier alpha value is -0.830. The van der Waals surface area contributed by atoms with E-state index in [-0.39, 0.29) is 6.04 Å². The van der Waals surface area contributed by atoms with Crippen LogP contribution in [0.4, 0.5) is 0 Å². The van der Waals surface area contributed by atoms with Crippen LogP contribution in [0.1, 0.15) is 45.9 Å². The standard InChI is InChI=1S/C13H25N3/c1-4-6-11(3)10-16-8-7-15-13(16)9-12(14)5-2/h7-8,11-12H,4-6,9-10,14H2,1-3H3. The second-order valence-electron chi connectivity index (χ2n) is 4.76. The largest absolute Gasteiger partial charge is 0.335 e. The van der Waals surface area contributed by atoms with E-state index >= 15 is 0 Å². The van der Waals surface area contributed by atoms with E-state index in [1.165, 1.54) is 12.8 Å². The fourth-order valence-corrected chi connectivity index (χ4v) is 1.99. The lowest BCUT2D eigenvalue weighted by Gasteiger charge is -2.15. The zero-order chi connectivity index (χ0) is 12.0. The van der Waals surface area contributed by atoms with Gasteiger partial charge >= 0.3 is 0 Å². The number of nitrogens with zero attached hydrogens (tertiary/aromatic N) is 2. The summed E-state index contributed by atoms with van der Waals surface area (Å²) in [5.74, 6) is 1.85. The molecule has 16 heavy (non-hydrogen) atoms. The molecule has 0 radical (unpaired) electrons. The van der Waals surface area contributed by atoms with E-state index < -0.39 is 0 Å². The van der Waals surface area contributed by atoms with Gasteiger partial charge in [0.15, 0.2) is 0 Å². The quantitative estimate of drug-likeness (QED) is 0.772. The van der Waals surface area contributed by atoms with Gasteiger partial charge in [0.25, 0.3) is 0 Å². The van der Waals surface area contributed by atoms with Crippen LogP contribution in [0, 0.1) is 5.92 Å². The van der Waals surface area contributed by atoms with Crippen LogP contribution in [0.3, 0.4) is 0 Å². The van der Waals surface area contributed by atoms with Crippen molar-refractivity contribution in [3.8, 4) is 0 Å². The second-order valence-corrected chi connectivity index (χ2v) is 4.76. The summed E-state index contributed by atoms with van der Waals surface area (Å²) in [5, 5.41) is 0. The van der Waals surface area contributed by atoms with Crippen LogP contribution in [0.5, 0.6) is 0 Å². The van der Waals surface area contributed by atoms with Crippen molar-refractivity contribution in [1.82, 2.24) is 9.55 Å². The van der Waals surface area contributed by atoms with Crippen LogP contribution in [0.25, 0.3) is 0 Å². The molecule has 0 fully saturated rings. The van der Waals surface area contributed by atoms with Crippen LogP contribution < -0.4 is 5.73 Å². The fraction of sp³-hybridized carbons (Fsp3) is 0.769. The van der Waals surface area contributed by atoms with E-state index in [4.69, 9.17) is 5.73 Å². The first-order chi connectivity index (χ1) is 7.67. The van der Waals surface area contributed by atoms with Crippen molar-refractivity contribution in [3.63, 3.8) is 0 Å². The summed E-state index contributed by atoms with van der Waals surface area (Å²) in [6.07, 6.45) is 8.39. The van der Waals surface area contributed by atoms with Crippen molar-refractivity contribution >= 4 is 0 Å². The monoisotopic (exact) mass is 223 g/mol. The summed E-state index contributed by atoms with van der Waals surface area (Å²) in [5.41, 5.74) is 5.97. The lowest BCUT2D eigenvalue weighted by atomic mass is 10.1.